The summed E-state index contributed by atoms with van der Waals surface area (Å²) in [7, 11) is 1.94. The zero-order valence-electron chi connectivity index (χ0n) is 11.7. The molecule has 0 aliphatic heterocycles. The molecule has 0 radical (unpaired) electrons. The number of hydrogen-bond donors (Lipinski definition) is 1. The summed E-state index contributed by atoms with van der Waals surface area (Å²) in [5.74, 6) is 0.787. The maximum absolute atomic E-state index is 4.55. The molecular formula is C15H17N5. The summed E-state index contributed by atoms with van der Waals surface area (Å²) >= 11 is 0. The number of fused-ring (bicyclic) bond motifs is 1. The zero-order chi connectivity index (χ0) is 13.9. The third-order valence-corrected chi connectivity index (χ3v) is 3.24. The first-order chi connectivity index (χ1) is 9.76. The minimum atomic E-state index is 0.712. The Morgan fingerprint density at radius 1 is 1.20 bits per heavy atom. The van der Waals surface area contributed by atoms with Crippen LogP contribution in [0.15, 0.2) is 36.7 Å². The van der Waals surface area contributed by atoms with Gasteiger partial charge < -0.3 is 5.32 Å². The van der Waals surface area contributed by atoms with E-state index in [1.54, 1.807) is 6.20 Å². The Hall–Kier alpha value is -2.43. The van der Waals surface area contributed by atoms with Gasteiger partial charge in [-0.15, -0.1) is 0 Å². The number of nitrogens with one attached hydrogen (secondary N) is 1. The quantitative estimate of drug-likeness (QED) is 0.789. The van der Waals surface area contributed by atoms with Crippen molar-refractivity contribution in [1.29, 1.82) is 0 Å². The Morgan fingerprint density at radius 3 is 2.80 bits per heavy atom. The number of para-hydroxylation sites is 2. The molecule has 0 fully saturated rings. The van der Waals surface area contributed by atoms with Crippen molar-refractivity contribution in [2.75, 3.05) is 5.32 Å². The van der Waals surface area contributed by atoms with Crippen molar-refractivity contribution in [2.24, 2.45) is 7.05 Å². The van der Waals surface area contributed by atoms with Gasteiger partial charge >= 0.3 is 0 Å². The fourth-order valence-electron chi connectivity index (χ4n) is 2.26. The molecule has 5 heteroatoms. The van der Waals surface area contributed by atoms with Crippen LogP contribution in [0.4, 0.5) is 5.82 Å². The predicted molar refractivity (Wildman–Crippen MR) is 79.5 cm³/mol. The second-order valence-electron chi connectivity index (χ2n) is 4.73. The minimum absolute atomic E-state index is 0.712. The molecule has 20 heavy (non-hydrogen) atoms. The topological polar surface area (TPSA) is 55.6 Å². The van der Waals surface area contributed by atoms with Gasteiger partial charge in [0.05, 0.1) is 22.9 Å². The highest BCUT2D eigenvalue weighted by molar-refractivity contribution is 5.75. The van der Waals surface area contributed by atoms with Crippen LogP contribution in [0.3, 0.4) is 0 Å². The third kappa shape index (κ3) is 2.47. The number of benzene rings is 1. The van der Waals surface area contributed by atoms with Crippen molar-refractivity contribution in [3.05, 3.63) is 47.9 Å². The van der Waals surface area contributed by atoms with Gasteiger partial charge in [0.2, 0.25) is 0 Å². The van der Waals surface area contributed by atoms with Crippen molar-refractivity contribution in [3.63, 3.8) is 0 Å². The lowest BCUT2D eigenvalue weighted by atomic mass is 10.2. The smallest absolute Gasteiger partial charge is 0.145 e. The van der Waals surface area contributed by atoms with E-state index in [1.807, 2.05) is 42.2 Å². The maximum Gasteiger partial charge on any atom is 0.145 e. The van der Waals surface area contributed by atoms with Crippen molar-refractivity contribution in [3.8, 4) is 0 Å². The van der Waals surface area contributed by atoms with Gasteiger partial charge in [-0.2, -0.15) is 5.10 Å². The molecule has 0 bridgehead atoms. The van der Waals surface area contributed by atoms with Gasteiger partial charge in [-0.25, -0.2) is 4.98 Å². The molecule has 0 unspecified atom stereocenters. The summed E-state index contributed by atoms with van der Waals surface area (Å²) in [6.07, 6.45) is 4.74. The summed E-state index contributed by atoms with van der Waals surface area (Å²) in [6.45, 7) is 2.83. The van der Waals surface area contributed by atoms with Gasteiger partial charge in [0.1, 0.15) is 5.82 Å². The van der Waals surface area contributed by atoms with Crippen LogP contribution >= 0.6 is 0 Å². The molecule has 5 nitrogen and oxygen atoms in total. The van der Waals surface area contributed by atoms with E-state index in [0.29, 0.717) is 6.54 Å². The van der Waals surface area contributed by atoms with Crippen molar-refractivity contribution in [2.45, 2.75) is 19.9 Å². The number of anilines is 1. The van der Waals surface area contributed by atoms with Gasteiger partial charge in [-0.3, -0.25) is 9.67 Å². The van der Waals surface area contributed by atoms with Crippen LogP contribution in [0, 0.1) is 0 Å². The fourth-order valence-corrected chi connectivity index (χ4v) is 2.26. The summed E-state index contributed by atoms with van der Waals surface area (Å²) in [5, 5.41) is 7.75. The van der Waals surface area contributed by atoms with E-state index in [2.05, 4.69) is 27.3 Å². The SMILES string of the molecule is CCc1nn(C)cc1CNc1cnc2ccccc2n1. The maximum atomic E-state index is 4.55. The first-order valence-corrected chi connectivity index (χ1v) is 6.73. The van der Waals surface area contributed by atoms with Gasteiger partial charge in [0.25, 0.3) is 0 Å². The van der Waals surface area contributed by atoms with Crippen LogP contribution in [0.5, 0.6) is 0 Å². The van der Waals surface area contributed by atoms with E-state index in [4.69, 9.17) is 0 Å². The van der Waals surface area contributed by atoms with Gasteiger partial charge in [0.15, 0.2) is 0 Å². The average molecular weight is 267 g/mol. The normalized spacial score (nSPS) is 10.9. The molecule has 2 aromatic heterocycles. The van der Waals surface area contributed by atoms with E-state index in [0.717, 1.165) is 29.0 Å². The van der Waals surface area contributed by atoms with Crippen molar-refractivity contribution in [1.82, 2.24) is 19.7 Å². The highest BCUT2D eigenvalue weighted by Gasteiger charge is 2.06. The minimum Gasteiger partial charge on any atom is -0.365 e. The van der Waals surface area contributed by atoms with Crippen LogP contribution in [0.1, 0.15) is 18.2 Å². The van der Waals surface area contributed by atoms with E-state index in [-0.39, 0.29) is 0 Å². The Labute approximate surface area is 117 Å². The van der Waals surface area contributed by atoms with E-state index in [9.17, 15) is 0 Å². The molecule has 3 rings (SSSR count). The predicted octanol–water partition coefficient (Wildman–Crippen LogP) is 2.54. The van der Waals surface area contributed by atoms with Crippen LogP contribution in [0.25, 0.3) is 11.0 Å². The van der Waals surface area contributed by atoms with Crippen LogP contribution in [-0.4, -0.2) is 19.7 Å². The van der Waals surface area contributed by atoms with Gasteiger partial charge in [-0.05, 0) is 18.6 Å². The molecule has 1 N–H and O–H groups in total. The lowest BCUT2D eigenvalue weighted by Crippen LogP contribution is -2.03. The number of nitrogens with zero attached hydrogens (tertiary/aromatic N) is 4. The molecule has 0 amide bonds. The Morgan fingerprint density at radius 2 is 2.00 bits per heavy atom. The Balaban J connectivity index is 1.79. The van der Waals surface area contributed by atoms with E-state index < -0.39 is 0 Å². The Kier molecular flexibility index (Phi) is 3.33. The van der Waals surface area contributed by atoms with Gasteiger partial charge in [-0.1, -0.05) is 19.1 Å². The second kappa shape index (κ2) is 5.28. The Bertz CT molecular complexity index is 732. The van der Waals surface area contributed by atoms with E-state index in [1.165, 1.54) is 5.56 Å². The third-order valence-electron chi connectivity index (χ3n) is 3.24. The molecule has 0 atom stereocenters. The molecule has 0 saturated heterocycles. The molecule has 1 aromatic carbocycles. The number of hydrogen-bond acceptors (Lipinski definition) is 4. The lowest BCUT2D eigenvalue weighted by molar-refractivity contribution is 0.746. The molecule has 0 spiro atoms. The van der Waals surface area contributed by atoms with Crippen LogP contribution in [0.2, 0.25) is 0 Å². The zero-order valence-corrected chi connectivity index (χ0v) is 11.7. The highest BCUT2D eigenvalue weighted by Crippen LogP contribution is 2.13. The highest BCUT2D eigenvalue weighted by atomic mass is 15.3. The largest absolute Gasteiger partial charge is 0.365 e. The molecule has 3 aromatic rings. The molecule has 2 heterocycles. The summed E-state index contributed by atoms with van der Waals surface area (Å²) in [6, 6.07) is 7.86. The van der Waals surface area contributed by atoms with Crippen LogP contribution in [-0.2, 0) is 20.0 Å². The lowest BCUT2D eigenvalue weighted by Gasteiger charge is -2.05. The van der Waals surface area contributed by atoms with Gasteiger partial charge in [0, 0.05) is 25.4 Å². The second-order valence-corrected chi connectivity index (χ2v) is 4.73. The number of aromatic nitrogens is 4. The summed E-state index contributed by atoms with van der Waals surface area (Å²) in [4.78, 5) is 8.95. The van der Waals surface area contributed by atoms with Crippen LogP contribution < -0.4 is 5.32 Å². The average Bonchev–Trinajstić information content (AvgIpc) is 2.85. The first-order valence-electron chi connectivity index (χ1n) is 6.73. The summed E-state index contributed by atoms with van der Waals surface area (Å²) < 4.78 is 1.85. The molecule has 0 aliphatic rings. The van der Waals surface area contributed by atoms with Crippen molar-refractivity contribution >= 4 is 16.9 Å². The molecule has 0 aliphatic carbocycles. The first kappa shape index (κ1) is 12.6. The van der Waals surface area contributed by atoms with E-state index >= 15 is 0 Å². The monoisotopic (exact) mass is 267 g/mol. The number of aryl methyl sites for hydroxylation is 2. The fraction of sp³-hybridized carbons (Fsp3) is 0.267. The molecule has 102 valence electrons. The number of rotatable bonds is 4. The van der Waals surface area contributed by atoms with Crippen molar-refractivity contribution < 1.29 is 0 Å². The standard InChI is InChI=1S/C15H17N5/c1-3-12-11(10-20(2)19-12)8-17-15-9-16-13-6-4-5-7-14(13)18-15/h4-7,9-10H,3,8H2,1-2H3,(H,17,18). The molecule has 0 saturated carbocycles. The summed E-state index contributed by atoms with van der Waals surface area (Å²) in [5.41, 5.74) is 4.13. The molecular weight excluding hydrogens is 250 g/mol.